The van der Waals surface area contributed by atoms with E-state index in [1.807, 2.05) is 24.5 Å². The zero-order valence-electron chi connectivity index (χ0n) is 16.2. The Kier molecular flexibility index (Phi) is 5.38. The highest BCUT2D eigenvalue weighted by atomic mass is 35.5. The van der Waals surface area contributed by atoms with Crippen molar-refractivity contribution < 1.29 is 14.3 Å². The largest absolute Gasteiger partial charge is 0.489 e. The predicted molar refractivity (Wildman–Crippen MR) is 107 cm³/mol. The van der Waals surface area contributed by atoms with Gasteiger partial charge in [-0.25, -0.2) is 4.79 Å². The number of halogens is 1. The molecule has 0 amide bonds. The Morgan fingerprint density at radius 2 is 1.93 bits per heavy atom. The minimum Gasteiger partial charge on any atom is -0.489 e. The van der Waals surface area contributed by atoms with Crippen LogP contribution in [0.3, 0.4) is 0 Å². The van der Waals surface area contributed by atoms with Gasteiger partial charge in [0.15, 0.2) is 0 Å². The van der Waals surface area contributed by atoms with Gasteiger partial charge in [0.25, 0.3) is 0 Å². The number of aromatic nitrogens is 2. The van der Waals surface area contributed by atoms with Gasteiger partial charge in [-0.2, -0.15) is 0 Å². The van der Waals surface area contributed by atoms with Crippen LogP contribution in [0.25, 0.3) is 11.0 Å². The number of H-pyrrole nitrogens is 1. The summed E-state index contributed by atoms with van der Waals surface area (Å²) < 4.78 is 12.7. The average molecular weight is 408 g/mol. The van der Waals surface area contributed by atoms with E-state index in [2.05, 4.69) is 9.88 Å². The van der Waals surface area contributed by atoms with E-state index in [1.54, 1.807) is 6.07 Å². The van der Waals surface area contributed by atoms with Crippen molar-refractivity contribution in [3.8, 4) is 5.75 Å². The van der Waals surface area contributed by atoms with Crippen molar-refractivity contribution in [3.05, 3.63) is 27.6 Å². The molecular formula is C20H26ClN3O4. The number of esters is 1. The predicted octanol–water partition coefficient (Wildman–Crippen LogP) is 3.11. The minimum absolute atomic E-state index is 0.000476. The molecule has 2 saturated heterocycles. The van der Waals surface area contributed by atoms with Crippen LogP contribution in [0.15, 0.2) is 16.9 Å². The number of nitrogens with zero attached hydrogens (tertiary/aromatic N) is 2. The Hall–Kier alpha value is -1.99. The van der Waals surface area contributed by atoms with E-state index in [0.29, 0.717) is 23.8 Å². The highest BCUT2D eigenvalue weighted by molar-refractivity contribution is 6.32. The van der Waals surface area contributed by atoms with Crippen LogP contribution in [0.1, 0.15) is 45.6 Å². The molecule has 152 valence electrons. The molecule has 3 heterocycles. The van der Waals surface area contributed by atoms with E-state index >= 15 is 0 Å². The number of benzene rings is 1. The second-order valence-corrected chi connectivity index (χ2v) is 8.31. The molecule has 2 fully saturated rings. The van der Waals surface area contributed by atoms with Crippen molar-refractivity contribution in [3.63, 3.8) is 0 Å². The lowest BCUT2D eigenvalue weighted by Gasteiger charge is -2.38. The first-order valence-corrected chi connectivity index (χ1v) is 10.3. The molecule has 0 saturated carbocycles. The Labute approximate surface area is 168 Å². The van der Waals surface area contributed by atoms with Gasteiger partial charge >= 0.3 is 11.7 Å². The van der Waals surface area contributed by atoms with Crippen molar-refractivity contribution in [2.75, 3.05) is 19.7 Å². The van der Waals surface area contributed by atoms with E-state index in [1.165, 1.54) is 0 Å². The number of likely N-dealkylation sites (tertiary alicyclic amines) is 1. The fourth-order valence-electron chi connectivity index (χ4n) is 4.32. The van der Waals surface area contributed by atoms with Gasteiger partial charge in [0.1, 0.15) is 5.75 Å². The third-order valence-corrected chi connectivity index (χ3v) is 5.93. The van der Waals surface area contributed by atoms with Crippen molar-refractivity contribution >= 4 is 28.6 Å². The molecule has 28 heavy (non-hydrogen) atoms. The van der Waals surface area contributed by atoms with Gasteiger partial charge in [-0.1, -0.05) is 11.6 Å². The third kappa shape index (κ3) is 3.78. The minimum atomic E-state index is -0.118. The normalized spacial score (nSPS) is 22.0. The van der Waals surface area contributed by atoms with Crippen LogP contribution in [0.4, 0.5) is 0 Å². The summed E-state index contributed by atoms with van der Waals surface area (Å²) in [6.45, 7) is 6.13. The number of piperidine rings is 1. The number of imidazole rings is 1. The molecule has 7 nitrogen and oxygen atoms in total. The number of fused-ring (bicyclic) bond motifs is 1. The highest BCUT2D eigenvalue weighted by Gasteiger charge is 2.31. The maximum Gasteiger partial charge on any atom is 0.326 e. The zero-order valence-corrected chi connectivity index (χ0v) is 17.0. The Balaban J connectivity index is 1.55. The van der Waals surface area contributed by atoms with Crippen molar-refractivity contribution in [2.45, 2.75) is 57.7 Å². The van der Waals surface area contributed by atoms with E-state index in [-0.39, 0.29) is 29.8 Å². The first-order chi connectivity index (χ1) is 13.4. The second-order valence-electron chi connectivity index (χ2n) is 7.90. The summed E-state index contributed by atoms with van der Waals surface area (Å²) in [5.41, 5.74) is 1.43. The SMILES string of the molecule is CC(C)Oc1cc2c(cc1Cl)[nH]c(=O)n2C1CCN(C2CCOC(=O)C2)CC1. The fourth-order valence-corrected chi connectivity index (χ4v) is 4.52. The Bertz CT molecular complexity index is 927. The molecular weight excluding hydrogens is 382 g/mol. The van der Waals surface area contributed by atoms with Gasteiger partial charge in [0.2, 0.25) is 0 Å². The molecule has 2 aliphatic heterocycles. The van der Waals surface area contributed by atoms with Crippen molar-refractivity contribution in [1.29, 1.82) is 0 Å². The number of cyclic esters (lactones) is 1. The lowest BCUT2D eigenvalue weighted by molar-refractivity contribution is -0.150. The zero-order chi connectivity index (χ0) is 19.8. The van der Waals surface area contributed by atoms with Crippen LogP contribution in [0, 0.1) is 0 Å². The summed E-state index contributed by atoms with van der Waals surface area (Å²) in [6.07, 6.45) is 3.08. The maximum absolute atomic E-state index is 12.7. The molecule has 0 bridgehead atoms. The van der Waals surface area contributed by atoms with Gasteiger partial charge in [0, 0.05) is 31.2 Å². The summed E-state index contributed by atoms with van der Waals surface area (Å²) in [5, 5.41) is 0.494. The average Bonchev–Trinajstić information content (AvgIpc) is 2.96. The molecule has 2 aliphatic rings. The molecule has 0 radical (unpaired) electrons. The molecule has 0 aliphatic carbocycles. The van der Waals surface area contributed by atoms with Gasteiger partial charge in [-0.3, -0.25) is 14.3 Å². The van der Waals surface area contributed by atoms with Gasteiger partial charge in [-0.05, 0) is 39.2 Å². The first kappa shape index (κ1) is 19.3. The first-order valence-electron chi connectivity index (χ1n) is 9.92. The number of rotatable bonds is 4. The molecule has 4 rings (SSSR count). The van der Waals surface area contributed by atoms with Crippen molar-refractivity contribution in [2.24, 2.45) is 0 Å². The standard InChI is InChI=1S/C20H26ClN3O4/c1-12(2)28-18-11-17-16(10-15(18)21)22-20(26)24(17)13-3-6-23(7-4-13)14-5-8-27-19(25)9-14/h10-14H,3-9H2,1-2H3,(H,22,26). The molecule has 1 unspecified atom stereocenters. The van der Waals surface area contributed by atoms with Crippen molar-refractivity contribution in [1.82, 2.24) is 14.5 Å². The number of carbonyl (C=O) groups excluding carboxylic acids is 1. The molecule has 1 aromatic heterocycles. The number of carbonyl (C=O) groups is 1. The number of hydrogen-bond acceptors (Lipinski definition) is 5. The number of aromatic amines is 1. The van der Waals surface area contributed by atoms with Crippen LogP contribution in [-0.4, -0.2) is 52.3 Å². The summed E-state index contributed by atoms with van der Waals surface area (Å²) in [6, 6.07) is 3.99. The van der Waals surface area contributed by atoms with Crippen LogP contribution in [0.2, 0.25) is 5.02 Å². The molecule has 0 spiro atoms. The highest BCUT2D eigenvalue weighted by Crippen LogP contribution is 2.33. The van der Waals surface area contributed by atoms with Crippen LogP contribution >= 0.6 is 11.6 Å². The number of hydrogen-bond donors (Lipinski definition) is 1. The van der Waals surface area contributed by atoms with Gasteiger partial charge in [-0.15, -0.1) is 0 Å². The maximum atomic E-state index is 12.7. The Morgan fingerprint density at radius 3 is 2.61 bits per heavy atom. The fraction of sp³-hybridized carbons (Fsp3) is 0.600. The summed E-state index contributed by atoms with van der Waals surface area (Å²) >= 11 is 6.31. The van der Waals surface area contributed by atoms with Gasteiger partial charge in [0.05, 0.1) is 35.2 Å². The lowest BCUT2D eigenvalue weighted by Crippen LogP contribution is -2.46. The quantitative estimate of drug-likeness (QED) is 0.788. The second kappa shape index (κ2) is 7.79. The summed E-state index contributed by atoms with van der Waals surface area (Å²) in [7, 11) is 0. The molecule has 1 N–H and O–H groups in total. The molecule has 2 aromatic rings. The van der Waals surface area contributed by atoms with Gasteiger partial charge < -0.3 is 14.5 Å². The number of ether oxygens (including phenoxy) is 2. The van der Waals surface area contributed by atoms with E-state index in [4.69, 9.17) is 21.1 Å². The van der Waals surface area contributed by atoms with Crippen LogP contribution < -0.4 is 10.4 Å². The van der Waals surface area contributed by atoms with E-state index in [0.717, 1.165) is 43.4 Å². The Morgan fingerprint density at radius 1 is 1.18 bits per heavy atom. The molecule has 8 heteroatoms. The number of nitrogens with one attached hydrogen (secondary N) is 1. The summed E-state index contributed by atoms with van der Waals surface area (Å²) in [4.78, 5) is 29.5. The smallest absolute Gasteiger partial charge is 0.326 e. The third-order valence-electron chi connectivity index (χ3n) is 5.63. The van der Waals surface area contributed by atoms with Crippen LogP contribution in [0.5, 0.6) is 5.75 Å². The molecule has 1 atom stereocenters. The monoisotopic (exact) mass is 407 g/mol. The lowest BCUT2D eigenvalue weighted by atomic mass is 9.99. The van der Waals surface area contributed by atoms with E-state index < -0.39 is 0 Å². The topological polar surface area (TPSA) is 76.6 Å². The van der Waals surface area contributed by atoms with E-state index in [9.17, 15) is 9.59 Å². The summed E-state index contributed by atoms with van der Waals surface area (Å²) in [5.74, 6) is 0.482. The molecule has 1 aromatic carbocycles. The van der Waals surface area contributed by atoms with Crippen LogP contribution in [-0.2, 0) is 9.53 Å².